The molecule has 2 heteroatoms. The molecule has 0 heterocycles. The summed E-state index contributed by atoms with van der Waals surface area (Å²) >= 11 is 0. The van der Waals surface area contributed by atoms with Gasteiger partial charge in [-0.3, -0.25) is 0 Å². The number of phenolic OH excluding ortho intramolecular Hbond substituents is 2. The second-order valence-corrected chi connectivity index (χ2v) is 3.61. The van der Waals surface area contributed by atoms with Crippen LogP contribution in [0.5, 0.6) is 11.5 Å². The molecule has 1 rings (SSSR count). The summed E-state index contributed by atoms with van der Waals surface area (Å²) in [6.45, 7) is 4.12. The molecule has 0 fully saturated rings. The van der Waals surface area contributed by atoms with Crippen molar-refractivity contribution >= 4 is 0 Å². The fraction of sp³-hybridized carbons (Fsp3) is 0.500. The van der Waals surface area contributed by atoms with Gasteiger partial charge in [-0.2, -0.15) is 0 Å². The minimum atomic E-state index is 0.259. The number of rotatable bonds is 4. The van der Waals surface area contributed by atoms with Crippen LogP contribution >= 0.6 is 0 Å². The number of phenols is 2. The predicted octanol–water partition coefficient (Wildman–Crippen LogP) is 3.00. The van der Waals surface area contributed by atoms with E-state index in [2.05, 4.69) is 13.8 Å². The lowest BCUT2D eigenvalue weighted by Gasteiger charge is -2.09. The average Bonchev–Trinajstić information content (AvgIpc) is 2.14. The van der Waals surface area contributed by atoms with E-state index < -0.39 is 0 Å². The zero-order valence-electron chi connectivity index (χ0n) is 8.88. The lowest BCUT2D eigenvalue weighted by atomic mass is 10.0. The first-order valence-electron chi connectivity index (χ1n) is 5.22. The molecule has 0 saturated heterocycles. The highest BCUT2D eigenvalue weighted by molar-refractivity contribution is 5.46. The van der Waals surface area contributed by atoms with E-state index in [4.69, 9.17) is 0 Å². The van der Waals surface area contributed by atoms with E-state index in [9.17, 15) is 10.2 Å². The molecule has 0 aliphatic heterocycles. The van der Waals surface area contributed by atoms with Gasteiger partial charge < -0.3 is 10.2 Å². The van der Waals surface area contributed by atoms with Gasteiger partial charge in [0, 0.05) is 0 Å². The third-order valence-electron chi connectivity index (χ3n) is 2.29. The molecular formula is C12H18O2. The molecule has 1 aromatic rings. The van der Waals surface area contributed by atoms with Gasteiger partial charge in [-0.15, -0.1) is 0 Å². The van der Waals surface area contributed by atoms with Crippen molar-refractivity contribution in [3.05, 3.63) is 23.3 Å². The normalized spacial score (nSPS) is 10.4. The SMILES string of the molecule is CCCc1cc(O)cc(CCC)c1O. The first-order chi connectivity index (χ1) is 6.69. The fourth-order valence-corrected chi connectivity index (χ4v) is 1.66. The Kier molecular flexibility index (Phi) is 3.81. The quantitative estimate of drug-likeness (QED) is 0.723. The zero-order valence-corrected chi connectivity index (χ0v) is 8.88. The average molecular weight is 194 g/mol. The van der Waals surface area contributed by atoms with Crippen LogP contribution < -0.4 is 0 Å². The van der Waals surface area contributed by atoms with Crippen molar-refractivity contribution in [2.75, 3.05) is 0 Å². The highest BCUT2D eigenvalue weighted by Crippen LogP contribution is 2.29. The van der Waals surface area contributed by atoms with Crippen molar-refractivity contribution < 1.29 is 10.2 Å². The second kappa shape index (κ2) is 4.89. The van der Waals surface area contributed by atoms with E-state index in [1.807, 2.05) is 0 Å². The van der Waals surface area contributed by atoms with Gasteiger partial charge in [-0.1, -0.05) is 26.7 Å². The Morgan fingerprint density at radius 2 is 1.36 bits per heavy atom. The predicted molar refractivity (Wildman–Crippen MR) is 57.8 cm³/mol. The number of benzene rings is 1. The standard InChI is InChI=1S/C12H18O2/c1-3-5-9-7-11(13)8-10(6-4-2)12(9)14/h7-8,13-14H,3-6H2,1-2H3. The molecule has 78 valence electrons. The van der Waals surface area contributed by atoms with E-state index in [-0.39, 0.29) is 5.75 Å². The van der Waals surface area contributed by atoms with Crippen molar-refractivity contribution in [3.63, 3.8) is 0 Å². The first-order valence-corrected chi connectivity index (χ1v) is 5.22. The summed E-state index contributed by atoms with van der Waals surface area (Å²) in [4.78, 5) is 0. The third-order valence-corrected chi connectivity index (χ3v) is 2.29. The van der Waals surface area contributed by atoms with Crippen molar-refractivity contribution in [2.45, 2.75) is 39.5 Å². The molecule has 0 bridgehead atoms. The fourth-order valence-electron chi connectivity index (χ4n) is 1.66. The lowest BCUT2D eigenvalue weighted by molar-refractivity contribution is 0.447. The summed E-state index contributed by atoms with van der Waals surface area (Å²) in [6.07, 6.45) is 3.58. The van der Waals surface area contributed by atoms with Gasteiger partial charge in [0.2, 0.25) is 0 Å². The Hall–Kier alpha value is -1.18. The van der Waals surface area contributed by atoms with Crippen molar-refractivity contribution in [1.29, 1.82) is 0 Å². The number of hydrogen-bond acceptors (Lipinski definition) is 2. The molecule has 0 spiro atoms. The molecule has 0 aliphatic rings. The van der Waals surface area contributed by atoms with Crippen LogP contribution in [0.2, 0.25) is 0 Å². The topological polar surface area (TPSA) is 40.5 Å². The Bertz CT molecular complexity index is 278. The Labute approximate surface area is 85.2 Å². The highest BCUT2D eigenvalue weighted by atomic mass is 16.3. The van der Waals surface area contributed by atoms with Crippen LogP contribution in [0.3, 0.4) is 0 Å². The summed E-state index contributed by atoms with van der Waals surface area (Å²) in [5, 5.41) is 19.3. The van der Waals surface area contributed by atoms with Gasteiger partial charge in [-0.05, 0) is 36.1 Å². The molecule has 0 radical (unpaired) electrons. The maximum absolute atomic E-state index is 9.86. The second-order valence-electron chi connectivity index (χ2n) is 3.61. The third kappa shape index (κ3) is 2.41. The molecule has 1 aromatic carbocycles. The summed E-state index contributed by atoms with van der Waals surface area (Å²) < 4.78 is 0. The van der Waals surface area contributed by atoms with E-state index in [1.165, 1.54) is 0 Å². The molecule has 0 aliphatic carbocycles. The Balaban J connectivity index is 3.04. The van der Waals surface area contributed by atoms with Gasteiger partial charge in [-0.25, -0.2) is 0 Å². The molecule has 0 saturated carbocycles. The van der Waals surface area contributed by atoms with Crippen LogP contribution in [0.15, 0.2) is 12.1 Å². The van der Waals surface area contributed by atoms with Crippen LogP contribution in [0.4, 0.5) is 0 Å². The molecule has 0 unspecified atom stereocenters. The summed E-state index contributed by atoms with van der Waals surface area (Å²) in [5.41, 5.74) is 1.71. The van der Waals surface area contributed by atoms with Gasteiger partial charge >= 0.3 is 0 Å². The van der Waals surface area contributed by atoms with E-state index in [1.54, 1.807) is 12.1 Å². The minimum Gasteiger partial charge on any atom is -0.508 e. The molecule has 0 amide bonds. The smallest absolute Gasteiger partial charge is 0.122 e. The molecule has 0 aromatic heterocycles. The van der Waals surface area contributed by atoms with E-state index in [0.717, 1.165) is 36.8 Å². The van der Waals surface area contributed by atoms with Gasteiger partial charge in [0.25, 0.3) is 0 Å². The minimum absolute atomic E-state index is 0.259. The summed E-state index contributed by atoms with van der Waals surface area (Å²) in [7, 11) is 0. The molecule has 2 N–H and O–H groups in total. The van der Waals surface area contributed by atoms with Gasteiger partial charge in [0.05, 0.1) is 0 Å². The van der Waals surface area contributed by atoms with E-state index >= 15 is 0 Å². The number of hydrogen-bond donors (Lipinski definition) is 2. The number of aryl methyl sites for hydroxylation is 2. The van der Waals surface area contributed by atoms with Crippen molar-refractivity contribution in [2.24, 2.45) is 0 Å². The highest BCUT2D eigenvalue weighted by Gasteiger charge is 2.08. The number of aromatic hydroxyl groups is 2. The van der Waals surface area contributed by atoms with Crippen LogP contribution in [0.25, 0.3) is 0 Å². The Morgan fingerprint density at radius 3 is 1.71 bits per heavy atom. The van der Waals surface area contributed by atoms with Crippen molar-refractivity contribution in [3.8, 4) is 11.5 Å². The summed E-state index contributed by atoms with van der Waals surface area (Å²) in [6, 6.07) is 3.30. The maximum Gasteiger partial charge on any atom is 0.122 e. The van der Waals surface area contributed by atoms with Gasteiger partial charge in [0.1, 0.15) is 11.5 Å². The lowest BCUT2D eigenvalue weighted by Crippen LogP contribution is -1.91. The van der Waals surface area contributed by atoms with E-state index in [0.29, 0.717) is 5.75 Å². The first kappa shape index (κ1) is 10.9. The van der Waals surface area contributed by atoms with Gasteiger partial charge in [0.15, 0.2) is 0 Å². The molecule has 2 nitrogen and oxygen atoms in total. The zero-order chi connectivity index (χ0) is 10.6. The molecule has 0 atom stereocenters. The summed E-state index contributed by atoms with van der Waals surface area (Å²) in [5.74, 6) is 0.626. The van der Waals surface area contributed by atoms with Crippen LogP contribution in [0, 0.1) is 0 Å². The van der Waals surface area contributed by atoms with Crippen LogP contribution in [-0.4, -0.2) is 10.2 Å². The van der Waals surface area contributed by atoms with Crippen molar-refractivity contribution in [1.82, 2.24) is 0 Å². The maximum atomic E-state index is 9.86. The Morgan fingerprint density at radius 1 is 0.929 bits per heavy atom. The van der Waals surface area contributed by atoms with Crippen LogP contribution in [-0.2, 0) is 12.8 Å². The molecule has 14 heavy (non-hydrogen) atoms. The monoisotopic (exact) mass is 194 g/mol. The van der Waals surface area contributed by atoms with Crippen LogP contribution in [0.1, 0.15) is 37.8 Å². The molecular weight excluding hydrogens is 176 g/mol. The largest absolute Gasteiger partial charge is 0.508 e.